The Hall–Kier alpha value is -1.78. The van der Waals surface area contributed by atoms with Gasteiger partial charge in [-0.1, -0.05) is 61.6 Å². The van der Waals surface area contributed by atoms with Gasteiger partial charge in [-0.3, -0.25) is 0 Å². The second kappa shape index (κ2) is 8.07. The molecule has 2 nitrogen and oxygen atoms in total. The van der Waals surface area contributed by atoms with Gasteiger partial charge in [-0.05, 0) is 77.8 Å². The molecule has 1 fully saturated rings. The summed E-state index contributed by atoms with van der Waals surface area (Å²) in [5.74, 6) is 0. The van der Waals surface area contributed by atoms with E-state index in [1.165, 1.54) is 27.2 Å². The van der Waals surface area contributed by atoms with Crippen LogP contribution < -0.4 is 0 Å². The Kier molecular flexibility index (Phi) is 5.97. The molecule has 2 aromatic rings. The Morgan fingerprint density at radius 3 is 2.59 bits per heavy atom. The Morgan fingerprint density at radius 2 is 1.89 bits per heavy atom. The van der Waals surface area contributed by atoms with Gasteiger partial charge in [-0.15, -0.1) is 0 Å². The molecule has 0 atom stereocenters. The number of aliphatic imine (C=N–C) groups is 1. The molecule has 1 aliphatic heterocycles. The van der Waals surface area contributed by atoms with Crippen molar-refractivity contribution in [3.8, 4) is 0 Å². The fourth-order valence-corrected chi connectivity index (χ4v) is 4.80. The summed E-state index contributed by atoms with van der Waals surface area (Å²) in [7, 11) is 0. The number of allylic oxidation sites excluding steroid dienone is 1. The number of hydrogen-bond acceptors (Lipinski definition) is 4. The summed E-state index contributed by atoms with van der Waals surface area (Å²) in [4.78, 5) is 10.6. The van der Waals surface area contributed by atoms with E-state index >= 15 is 0 Å². The van der Waals surface area contributed by atoms with E-state index in [0.29, 0.717) is 0 Å². The highest BCUT2D eigenvalue weighted by Gasteiger charge is 2.32. The summed E-state index contributed by atoms with van der Waals surface area (Å²) in [6, 6.07) is 10.5. The minimum absolute atomic E-state index is 0.0540. The number of nitrogens with zero attached hydrogens (tertiary/aromatic N) is 2. The normalized spacial score (nSPS) is 19.7. The predicted octanol–water partition coefficient (Wildman–Crippen LogP) is 7.39. The maximum absolute atomic E-state index is 5.00. The average molecular weight is 395 g/mol. The van der Waals surface area contributed by atoms with Gasteiger partial charge in [0.15, 0.2) is 0 Å². The highest BCUT2D eigenvalue weighted by molar-refractivity contribution is 8.17. The molecule has 27 heavy (non-hydrogen) atoms. The van der Waals surface area contributed by atoms with E-state index in [9.17, 15) is 0 Å². The third-order valence-corrected chi connectivity index (χ3v) is 6.88. The van der Waals surface area contributed by atoms with Crippen LogP contribution in [0.3, 0.4) is 0 Å². The minimum atomic E-state index is 0.0540. The first-order valence-corrected chi connectivity index (χ1v) is 10.8. The Morgan fingerprint density at radius 1 is 1.15 bits per heavy atom. The number of rotatable bonds is 3. The summed E-state index contributed by atoms with van der Waals surface area (Å²) >= 11 is 3.37. The van der Waals surface area contributed by atoms with Crippen molar-refractivity contribution in [1.82, 2.24) is 4.98 Å². The lowest BCUT2D eigenvalue weighted by Crippen LogP contribution is -2.22. The van der Waals surface area contributed by atoms with Crippen LogP contribution in [-0.2, 0) is 0 Å². The maximum Gasteiger partial charge on any atom is 0.105 e. The van der Waals surface area contributed by atoms with Gasteiger partial charge in [-0.2, -0.15) is 0 Å². The smallest absolute Gasteiger partial charge is 0.105 e. The highest BCUT2D eigenvalue weighted by atomic mass is 32.2. The van der Waals surface area contributed by atoms with Gasteiger partial charge in [0.2, 0.25) is 0 Å². The van der Waals surface area contributed by atoms with Crippen molar-refractivity contribution < 1.29 is 0 Å². The summed E-state index contributed by atoms with van der Waals surface area (Å²) in [6.07, 6.45) is 2.80. The number of aryl methyl sites for hydroxylation is 3. The van der Waals surface area contributed by atoms with Crippen LogP contribution in [0.4, 0.5) is 5.69 Å². The molecule has 4 heteroatoms. The van der Waals surface area contributed by atoms with Crippen molar-refractivity contribution in [3.05, 3.63) is 75.7 Å². The van der Waals surface area contributed by atoms with Crippen molar-refractivity contribution in [2.75, 3.05) is 0 Å². The Balaban J connectivity index is 1.96. The molecule has 0 bridgehead atoms. The van der Waals surface area contributed by atoms with E-state index in [1.54, 1.807) is 23.5 Å². The van der Waals surface area contributed by atoms with Crippen LogP contribution in [0.15, 0.2) is 69.0 Å². The van der Waals surface area contributed by atoms with Crippen LogP contribution in [0.2, 0.25) is 0 Å². The molecule has 1 aromatic carbocycles. The van der Waals surface area contributed by atoms with Crippen LogP contribution >= 0.6 is 23.5 Å². The average Bonchev–Trinajstić information content (AvgIpc) is 2.59. The summed E-state index contributed by atoms with van der Waals surface area (Å²) in [6.45, 7) is 15.1. The second-order valence-electron chi connectivity index (χ2n) is 7.73. The van der Waals surface area contributed by atoms with E-state index < -0.39 is 0 Å². The van der Waals surface area contributed by atoms with Gasteiger partial charge in [0.25, 0.3) is 0 Å². The van der Waals surface area contributed by atoms with Crippen LogP contribution in [0.5, 0.6) is 0 Å². The largest absolute Gasteiger partial charge is 0.250 e. The molecule has 1 aliphatic rings. The van der Waals surface area contributed by atoms with Gasteiger partial charge in [-0.25, -0.2) is 9.98 Å². The SMILES string of the molecule is C=C1SC(=Nc2ccc(C)cc2C)/C(=C/Sc2cc(C)ccn2)CC1(C)C. The summed E-state index contributed by atoms with van der Waals surface area (Å²) in [5, 5.41) is 4.28. The molecule has 0 amide bonds. The van der Waals surface area contributed by atoms with E-state index in [1.807, 2.05) is 12.3 Å². The molecule has 0 unspecified atom stereocenters. The van der Waals surface area contributed by atoms with Crippen molar-refractivity contribution in [3.63, 3.8) is 0 Å². The van der Waals surface area contributed by atoms with Gasteiger partial charge in [0.1, 0.15) is 10.1 Å². The van der Waals surface area contributed by atoms with Gasteiger partial charge in [0, 0.05) is 6.20 Å². The van der Waals surface area contributed by atoms with Crippen molar-refractivity contribution in [2.45, 2.75) is 46.1 Å². The molecule has 0 radical (unpaired) electrons. The zero-order chi connectivity index (χ0) is 19.6. The first-order chi connectivity index (χ1) is 12.7. The minimum Gasteiger partial charge on any atom is -0.250 e. The molecule has 3 rings (SSSR count). The predicted molar refractivity (Wildman–Crippen MR) is 121 cm³/mol. The molecule has 140 valence electrons. The third-order valence-electron chi connectivity index (χ3n) is 4.67. The molecular formula is C23H26N2S2. The molecule has 0 aliphatic carbocycles. The topological polar surface area (TPSA) is 25.2 Å². The zero-order valence-corrected chi connectivity index (χ0v) is 18.3. The quantitative estimate of drug-likeness (QED) is 0.507. The van der Waals surface area contributed by atoms with E-state index in [4.69, 9.17) is 4.99 Å². The molecule has 0 N–H and O–H groups in total. The molecule has 1 saturated heterocycles. The first kappa shape index (κ1) is 20.0. The van der Waals surface area contributed by atoms with Crippen LogP contribution in [-0.4, -0.2) is 10.0 Å². The number of thioether (sulfide) groups is 2. The van der Waals surface area contributed by atoms with Crippen molar-refractivity contribution in [2.24, 2.45) is 10.4 Å². The molecule has 0 spiro atoms. The lowest BCUT2D eigenvalue weighted by molar-refractivity contribution is 0.472. The van der Waals surface area contributed by atoms with E-state index in [2.05, 4.69) is 75.9 Å². The first-order valence-electron chi connectivity index (χ1n) is 9.06. The van der Waals surface area contributed by atoms with Crippen molar-refractivity contribution in [1.29, 1.82) is 0 Å². The fourth-order valence-electron chi connectivity index (χ4n) is 2.90. The number of benzene rings is 1. The Bertz CT molecular complexity index is 939. The third kappa shape index (κ3) is 4.94. The molecule has 0 saturated carbocycles. The summed E-state index contributed by atoms with van der Waals surface area (Å²) < 4.78 is 0. The van der Waals surface area contributed by atoms with Crippen LogP contribution in [0.1, 0.15) is 37.0 Å². The van der Waals surface area contributed by atoms with E-state index in [0.717, 1.165) is 22.2 Å². The Labute approximate surface area is 171 Å². The molecular weight excluding hydrogens is 368 g/mol. The van der Waals surface area contributed by atoms with Crippen LogP contribution in [0, 0.1) is 26.2 Å². The lowest BCUT2D eigenvalue weighted by atomic mass is 9.85. The molecule has 2 heterocycles. The zero-order valence-electron chi connectivity index (χ0n) is 16.7. The van der Waals surface area contributed by atoms with E-state index in [-0.39, 0.29) is 5.41 Å². The molecule has 1 aromatic heterocycles. The standard InChI is InChI=1S/C23H26N2S2/c1-15-7-8-20(17(3)11-15)25-22-19(13-23(5,6)18(4)27-22)14-26-21-12-16(2)9-10-24-21/h7-12,14H,4,13H2,1-3,5-6H3/b19-14+,25-22?. The number of aromatic nitrogens is 1. The fraction of sp³-hybridized carbons (Fsp3) is 0.304. The highest BCUT2D eigenvalue weighted by Crippen LogP contribution is 2.48. The number of pyridine rings is 1. The van der Waals surface area contributed by atoms with Gasteiger partial charge in [0.05, 0.1) is 5.69 Å². The number of hydrogen-bond donors (Lipinski definition) is 0. The second-order valence-corrected chi connectivity index (χ2v) is 9.70. The van der Waals surface area contributed by atoms with Crippen LogP contribution in [0.25, 0.3) is 0 Å². The van der Waals surface area contributed by atoms with Gasteiger partial charge < -0.3 is 0 Å². The monoisotopic (exact) mass is 394 g/mol. The van der Waals surface area contributed by atoms with Gasteiger partial charge >= 0.3 is 0 Å². The van der Waals surface area contributed by atoms with Crippen molar-refractivity contribution >= 4 is 34.3 Å². The maximum atomic E-state index is 5.00. The lowest BCUT2D eigenvalue weighted by Gasteiger charge is -2.33. The summed E-state index contributed by atoms with van der Waals surface area (Å²) in [5.41, 5.74) is 6.02.